The van der Waals surface area contributed by atoms with Gasteiger partial charge in [0.2, 0.25) is 16.9 Å². The maximum Gasteiger partial charge on any atom is 0.231 e. The van der Waals surface area contributed by atoms with Crippen molar-refractivity contribution in [3.63, 3.8) is 0 Å². The lowest BCUT2D eigenvalue weighted by atomic mass is 10.1. The van der Waals surface area contributed by atoms with Crippen LogP contribution in [0.15, 0.2) is 18.2 Å². The van der Waals surface area contributed by atoms with Crippen molar-refractivity contribution < 1.29 is 9.59 Å². The van der Waals surface area contributed by atoms with E-state index in [1.165, 1.54) is 16.9 Å². The molecule has 3 rings (SSSR count). The summed E-state index contributed by atoms with van der Waals surface area (Å²) in [6, 6.07) is 5.94. The maximum atomic E-state index is 12.6. The highest BCUT2D eigenvalue weighted by Crippen LogP contribution is 2.29. The van der Waals surface area contributed by atoms with Gasteiger partial charge >= 0.3 is 0 Å². The lowest BCUT2D eigenvalue weighted by Gasteiger charge is -2.17. The number of nitrogens with one attached hydrogen (secondary N) is 1. The van der Waals surface area contributed by atoms with Crippen molar-refractivity contribution in [3.8, 4) is 0 Å². The van der Waals surface area contributed by atoms with E-state index in [1.54, 1.807) is 4.90 Å². The van der Waals surface area contributed by atoms with Gasteiger partial charge in [-0.1, -0.05) is 37.7 Å². The van der Waals surface area contributed by atoms with Gasteiger partial charge in [-0.2, -0.15) is 0 Å². The zero-order valence-electron chi connectivity index (χ0n) is 16.3. The molecule has 1 N–H and O–H groups in total. The molecule has 2 atom stereocenters. The molecule has 6 nitrogen and oxygen atoms in total. The van der Waals surface area contributed by atoms with Crippen LogP contribution in [0.5, 0.6) is 0 Å². The Bertz CT molecular complexity index is 848. The number of anilines is 2. The Morgan fingerprint density at radius 2 is 2.11 bits per heavy atom. The minimum absolute atomic E-state index is 0.0204. The summed E-state index contributed by atoms with van der Waals surface area (Å²) < 4.78 is 0. The molecule has 0 aliphatic carbocycles. The number of aryl methyl sites for hydroxylation is 2. The van der Waals surface area contributed by atoms with Crippen LogP contribution in [-0.2, 0) is 9.59 Å². The van der Waals surface area contributed by atoms with Gasteiger partial charge in [0, 0.05) is 24.6 Å². The monoisotopic (exact) mass is 386 g/mol. The molecule has 2 aromatic rings. The molecule has 0 unspecified atom stereocenters. The highest BCUT2D eigenvalue weighted by Gasteiger charge is 2.35. The number of rotatable bonds is 6. The molecule has 1 aliphatic heterocycles. The van der Waals surface area contributed by atoms with Crippen molar-refractivity contribution in [2.45, 2.75) is 52.9 Å². The maximum absolute atomic E-state index is 12.6. The quantitative estimate of drug-likeness (QED) is 0.813. The third kappa shape index (κ3) is 4.35. The molecule has 0 bridgehead atoms. The van der Waals surface area contributed by atoms with Gasteiger partial charge in [-0.15, -0.1) is 10.2 Å². The summed E-state index contributed by atoms with van der Waals surface area (Å²) in [4.78, 5) is 26.7. The number of carbonyl (C=O) groups is 2. The first-order valence-electron chi connectivity index (χ1n) is 9.41. The highest BCUT2D eigenvalue weighted by atomic mass is 32.1. The molecule has 1 aromatic carbocycles. The van der Waals surface area contributed by atoms with Crippen molar-refractivity contribution in [1.82, 2.24) is 10.2 Å². The lowest BCUT2D eigenvalue weighted by Crippen LogP contribution is -2.28. The number of carbonyl (C=O) groups excluding carboxylic acids is 2. The minimum atomic E-state index is -0.375. The van der Waals surface area contributed by atoms with Crippen LogP contribution in [0.2, 0.25) is 0 Å². The van der Waals surface area contributed by atoms with Crippen LogP contribution < -0.4 is 10.2 Å². The van der Waals surface area contributed by atoms with Crippen LogP contribution in [0.4, 0.5) is 10.8 Å². The van der Waals surface area contributed by atoms with Gasteiger partial charge in [-0.05, 0) is 43.5 Å². The second-order valence-electron chi connectivity index (χ2n) is 7.30. The van der Waals surface area contributed by atoms with Crippen molar-refractivity contribution in [3.05, 3.63) is 34.3 Å². The number of hydrogen-bond acceptors (Lipinski definition) is 5. The predicted molar refractivity (Wildman–Crippen MR) is 108 cm³/mol. The molecule has 1 saturated heterocycles. The molecule has 1 fully saturated rings. The van der Waals surface area contributed by atoms with E-state index in [0.29, 0.717) is 17.6 Å². The third-order valence-electron chi connectivity index (χ3n) is 5.11. The van der Waals surface area contributed by atoms with E-state index < -0.39 is 0 Å². The fraction of sp³-hybridized carbons (Fsp3) is 0.500. The van der Waals surface area contributed by atoms with Gasteiger partial charge in [-0.25, -0.2) is 0 Å². The van der Waals surface area contributed by atoms with E-state index >= 15 is 0 Å². The van der Waals surface area contributed by atoms with E-state index in [-0.39, 0.29) is 24.2 Å². The van der Waals surface area contributed by atoms with Crippen molar-refractivity contribution in [2.24, 2.45) is 5.92 Å². The van der Waals surface area contributed by atoms with E-state index in [2.05, 4.69) is 29.4 Å². The Labute approximate surface area is 164 Å². The number of benzene rings is 1. The molecule has 7 heteroatoms. The molecule has 0 radical (unpaired) electrons. The van der Waals surface area contributed by atoms with Gasteiger partial charge in [0.15, 0.2) is 0 Å². The molecule has 0 spiro atoms. The van der Waals surface area contributed by atoms with Crippen LogP contribution in [-0.4, -0.2) is 28.6 Å². The molecule has 1 aliphatic rings. The van der Waals surface area contributed by atoms with E-state index in [4.69, 9.17) is 0 Å². The lowest BCUT2D eigenvalue weighted by molar-refractivity contribution is -0.122. The standard InChI is InChI=1S/C20H26N4O2S/c1-5-6-13(3)19-22-23-20(27-19)21-18(26)15-10-17(25)24(11-15)16-8-7-12(2)14(4)9-16/h7-9,13,15H,5-6,10-11H2,1-4H3,(H,21,23,26)/t13-,15-/m1/s1. The Morgan fingerprint density at radius 1 is 1.33 bits per heavy atom. The average molecular weight is 387 g/mol. The third-order valence-corrected chi connectivity index (χ3v) is 6.18. The molecule has 0 saturated carbocycles. The van der Waals surface area contributed by atoms with Gasteiger partial charge in [0.05, 0.1) is 5.92 Å². The fourth-order valence-corrected chi connectivity index (χ4v) is 4.11. The Kier molecular flexibility index (Phi) is 5.89. The molecular weight excluding hydrogens is 360 g/mol. The average Bonchev–Trinajstić information content (AvgIpc) is 3.24. The predicted octanol–water partition coefficient (Wildman–Crippen LogP) is 4.05. The summed E-state index contributed by atoms with van der Waals surface area (Å²) >= 11 is 1.42. The summed E-state index contributed by atoms with van der Waals surface area (Å²) in [7, 11) is 0. The first-order chi connectivity index (χ1) is 12.9. The summed E-state index contributed by atoms with van der Waals surface area (Å²) in [6.45, 7) is 8.71. The molecule has 144 valence electrons. The Balaban J connectivity index is 1.64. The fourth-order valence-electron chi connectivity index (χ4n) is 3.27. The van der Waals surface area contributed by atoms with E-state index in [1.807, 2.05) is 32.0 Å². The molecular formula is C20H26N4O2S. The second-order valence-corrected chi connectivity index (χ2v) is 8.31. The molecule has 2 heterocycles. The number of aromatic nitrogens is 2. The first-order valence-corrected chi connectivity index (χ1v) is 10.2. The van der Waals surface area contributed by atoms with Crippen LogP contribution in [0.1, 0.15) is 55.2 Å². The SMILES string of the molecule is CCC[C@@H](C)c1nnc(NC(=O)[C@@H]2CC(=O)N(c3ccc(C)c(C)c3)C2)s1. The zero-order chi connectivity index (χ0) is 19.6. The topological polar surface area (TPSA) is 75.2 Å². The smallest absolute Gasteiger partial charge is 0.231 e. The molecule has 1 aromatic heterocycles. The zero-order valence-corrected chi connectivity index (χ0v) is 17.1. The summed E-state index contributed by atoms with van der Waals surface area (Å²) in [5.41, 5.74) is 3.17. The summed E-state index contributed by atoms with van der Waals surface area (Å²) in [6.07, 6.45) is 2.35. The Morgan fingerprint density at radius 3 is 2.81 bits per heavy atom. The second kappa shape index (κ2) is 8.17. The molecule has 2 amide bonds. The minimum Gasteiger partial charge on any atom is -0.312 e. The van der Waals surface area contributed by atoms with Crippen LogP contribution in [0, 0.1) is 19.8 Å². The van der Waals surface area contributed by atoms with Gasteiger partial charge in [0.25, 0.3) is 0 Å². The largest absolute Gasteiger partial charge is 0.312 e. The number of amides is 2. The highest BCUT2D eigenvalue weighted by molar-refractivity contribution is 7.15. The van der Waals surface area contributed by atoms with Crippen molar-refractivity contribution in [1.29, 1.82) is 0 Å². The number of hydrogen-bond donors (Lipinski definition) is 1. The van der Waals surface area contributed by atoms with Crippen LogP contribution in [0.3, 0.4) is 0 Å². The van der Waals surface area contributed by atoms with Crippen molar-refractivity contribution in [2.75, 3.05) is 16.8 Å². The van der Waals surface area contributed by atoms with E-state index in [9.17, 15) is 9.59 Å². The van der Waals surface area contributed by atoms with Gasteiger partial charge in [0.1, 0.15) is 5.01 Å². The van der Waals surface area contributed by atoms with Gasteiger partial charge < -0.3 is 10.2 Å². The normalized spacial score (nSPS) is 18.0. The van der Waals surface area contributed by atoms with E-state index in [0.717, 1.165) is 29.1 Å². The van der Waals surface area contributed by atoms with Crippen molar-refractivity contribution >= 4 is 34.0 Å². The molecule has 27 heavy (non-hydrogen) atoms. The number of nitrogens with zero attached hydrogens (tertiary/aromatic N) is 3. The van der Waals surface area contributed by atoms with Gasteiger partial charge in [-0.3, -0.25) is 9.59 Å². The first kappa shape index (κ1) is 19.5. The summed E-state index contributed by atoms with van der Waals surface area (Å²) in [5, 5.41) is 12.6. The Hall–Kier alpha value is -2.28. The van der Waals surface area contributed by atoms with Crippen LogP contribution >= 0.6 is 11.3 Å². The summed E-state index contributed by atoms with van der Waals surface area (Å²) in [5.74, 6) is -0.223. The van der Waals surface area contributed by atoms with Crippen LogP contribution in [0.25, 0.3) is 0 Å².